The molecule has 0 fully saturated rings. The highest BCUT2D eigenvalue weighted by atomic mass is 19.4. The van der Waals surface area contributed by atoms with Crippen molar-refractivity contribution in [2.75, 3.05) is 0 Å². The van der Waals surface area contributed by atoms with Crippen LogP contribution in [-0.2, 0) is 12.6 Å². The molecule has 0 aliphatic heterocycles. The molecule has 0 amide bonds. The van der Waals surface area contributed by atoms with Crippen LogP contribution in [0.1, 0.15) is 28.5 Å². The summed E-state index contributed by atoms with van der Waals surface area (Å²) in [5.74, 6) is -0.552. The molecule has 3 rings (SSSR count). The SMILES string of the molecule is Cc1cc(F)cc(-c2cnc(C(F)(F)F)c3c2CC(F)C3O)c1. The van der Waals surface area contributed by atoms with Crippen molar-refractivity contribution in [3.8, 4) is 11.1 Å². The molecule has 0 spiro atoms. The minimum Gasteiger partial charge on any atom is -0.385 e. The number of nitrogens with zero attached hydrogens (tertiary/aromatic N) is 1. The second-order valence-corrected chi connectivity index (χ2v) is 5.59. The molecule has 2 unspecified atom stereocenters. The topological polar surface area (TPSA) is 33.1 Å². The summed E-state index contributed by atoms with van der Waals surface area (Å²) in [6.07, 6.45) is -7.94. The number of aromatic nitrogens is 1. The Morgan fingerprint density at radius 1 is 1.22 bits per heavy atom. The van der Waals surface area contributed by atoms with Gasteiger partial charge in [-0.3, -0.25) is 4.98 Å². The minimum absolute atomic E-state index is 0.0253. The molecule has 1 aliphatic rings. The van der Waals surface area contributed by atoms with Crippen LogP contribution in [-0.4, -0.2) is 16.3 Å². The molecule has 1 aromatic carbocycles. The van der Waals surface area contributed by atoms with Gasteiger partial charge in [-0.2, -0.15) is 13.2 Å². The van der Waals surface area contributed by atoms with Crippen molar-refractivity contribution in [1.29, 1.82) is 0 Å². The number of hydrogen-bond acceptors (Lipinski definition) is 2. The fourth-order valence-corrected chi connectivity index (χ4v) is 2.96. The van der Waals surface area contributed by atoms with Crippen LogP contribution in [0.4, 0.5) is 22.0 Å². The maximum atomic E-state index is 13.8. The molecule has 0 saturated heterocycles. The number of aliphatic hydroxyl groups excluding tert-OH is 1. The number of benzene rings is 1. The van der Waals surface area contributed by atoms with E-state index in [2.05, 4.69) is 4.98 Å². The van der Waals surface area contributed by atoms with Crippen molar-refractivity contribution in [1.82, 2.24) is 4.98 Å². The summed E-state index contributed by atoms with van der Waals surface area (Å²) in [6.45, 7) is 1.64. The Morgan fingerprint density at radius 3 is 2.52 bits per heavy atom. The van der Waals surface area contributed by atoms with Crippen LogP contribution in [0.3, 0.4) is 0 Å². The van der Waals surface area contributed by atoms with Crippen LogP contribution >= 0.6 is 0 Å². The molecular weight excluding hydrogens is 317 g/mol. The molecule has 1 heterocycles. The Balaban J connectivity index is 2.26. The average molecular weight is 329 g/mol. The van der Waals surface area contributed by atoms with Crippen molar-refractivity contribution in [2.24, 2.45) is 0 Å². The quantitative estimate of drug-likeness (QED) is 0.798. The van der Waals surface area contributed by atoms with Gasteiger partial charge in [0.05, 0.1) is 0 Å². The third kappa shape index (κ3) is 2.69. The highest BCUT2D eigenvalue weighted by molar-refractivity contribution is 5.70. The Hall–Kier alpha value is -2.02. The van der Waals surface area contributed by atoms with Gasteiger partial charge in [-0.15, -0.1) is 0 Å². The fraction of sp³-hybridized carbons (Fsp3) is 0.312. The van der Waals surface area contributed by atoms with E-state index in [0.29, 0.717) is 11.1 Å². The second-order valence-electron chi connectivity index (χ2n) is 5.59. The molecule has 1 N–H and O–H groups in total. The van der Waals surface area contributed by atoms with Crippen molar-refractivity contribution in [3.05, 3.63) is 52.6 Å². The number of aliphatic hydroxyl groups is 1. The number of fused-ring (bicyclic) bond motifs is 1. The van der Waals surface area contributed by atoms with E-state index >= 15 is 0 Å². The Kier molecular flexibility index (Phi) is 3.63. The lowest BCUT2D eigenvalue weighted by molar-refractivity contribution is -0.142. The summed E-state index contributed by atoms with van der Waals surface area (Å²) in [5, 5.41) is 9.79. The van der Waals surface area contributed by atoms with Crippen LogP contribution < -0.4 is 0 Å². The highest BCUT2D eigenvalue weighted by Crippen LogP contribution is 2.45. The summed E-state index contributed by atoms with van der Waals surface area (Å²) in [6, 6.07) is 4.00. The predicted molar refractivity (Wildman–Crippen MR) is 72.9 cm³/mol. The first-order valence-corrected chi connectivity index (χ1v) is 6.87. The highest BCUT2D eigenvalue weighted by Gasteiger charge is 2.44. The van der Waals surface area contributed by atoms with Gasteiger partial charge in [-0.05, 0) is 35.7 Å². The number of aryl methyl sites for hydroxylation is 1. The molecule has 2 nitrogen and oxygen atoms in total. The second kappa shape index (κ2) is 5.26. The molecule has 2 aromatic rings. The number of pyridine rings is 1. The lowest BCUT2D eigenvalue weighted by Crippen LogP contribution is -2.15. The smallest absolute Gasteiger partial charge is 0.385 e. The lowest BCUT2D eigenvalue weighted by atomic mass is 9.96. The standard InChI is InChI=1S/C16H12F5NO/c1-7-2-8(4-9(17)3-7)11-6-22-15(16(19,20)21)13-10(11)5-12(18)14(13)23/h2-4,6,12,14,23H,5H2,1H3. The van der Waals surface area contributed by atoms with Crippen molar-refractivity contribution < 1.29 is 27.1 Å². The number of alkyl halides is 4. The number of hydrogen-bond donors (Lipinski definition) is 1. The van der Waals surface area contributed by atoms with E-state index in [4.69, 9.17) is 0 Å². The van der Waals surface area contributed by atoms with E-state index in [1.54, 1.807) is 13.0 Å². The molecular formula is C16H12F5NO. The maximum absolute atomic E-state index is 13.8. The van der Waals surface area contributed by atoms with Gasteiger partial charge in [0, 0.05) is 23.7 Å². The third-order valence-corrected chi connectivity index (χ3v) is 3.89. The van der Waals surface area contributed by atoms with Gasteiger partial charge < -0.3 is 5.11 Å². The molecule has 122 valence electrons. The van der Waals surface area contributed by atoms with Crippen LogP contribution in [0.2, 0.25) is 0 Å². The fourth-order valence-electron chi connectivity index (χ4n) is 2.96. The first-order chi connectivity index (χ1) is 10.7. The molecule has 1 aromatic heterocycles. The van der Waals surface area contributed by atoms with Crippen LogP contribution in [0.25, 0.3) is 11.1 Å². The van der Waals surface area contributed by atoms with Crippen LogP contribution in [0.5, 0.6) is 0 Å². The summed E-state index contributed by atoms with van der Waals surface area (Å²) < 4.78 is 66.5. The zero-order valence-electron chi connectivity index (χ0n) is 12.0. The van der Waals surface area contributed by atoms with E-state index in [1.807, 2.05) is 0 Å². The van der Waals surface area contributed by atoms with Gasteiger partial charge in [-0.25, -0.2) is 8.78 Å². The summed E-state index contributed by atoms with van der Waals surface area (Å²) in [7, 11) is 0. The number of rotatable bonds is 1. The van der Waals surface area contributed by atoms with Crippen molar-refractivity contribution >= 4 is 0 Å². The lowest BCUT2D eigenvalue weighted by Gasteiger charge is -2.16. The predicted octanol–water partition coefficient (Wildman–Crippen LogP) is 4.14. The van der Waals surface area contributed by atoms with E-state index in [9.17, 15) is 27.1 Å². The maximum Gasteiger partial charge on any atom is 0.433 e. The van der Waals surface area contributed by atoms with Crippen molar-refractivity contribution in [3.63, 3.8) is 0 Å². The molecule has 1 aliphatic carbocycles. The Labute approximate surface area is 128 Å². The largest absolute Gasteiger partial charge is 0.433 e. The molecule has 0 saturated carbocycles. The minimum atomic E-state index is -4.80. The van der Waals surface area contributed by atoms with E-state index in [0.717, 1.165) is 12.3 Å². The van der Waals surface area contributed by atoms with Gasteiger partial charge in [0.1, 0.15) is 18.1 Å². The molecule has 2 atom stereocenters. The monoisotopic (exact) mass is 329 g/mol. The van der Waals surface area contributed by atoms with E-state index < -0.39 is 35.5 Å². The van der Waals surface area contributed by atoms with Crippen LogP contribution in [0, 0.1) is 12.7 Å². The van der Waals surface area contributed by atoms with Gasteiger partial charge in [0.15, 0.2) is 5.69 Å². The molecule has 0 bridgehead atoms. The normalized spacial score (nSPS) is 20.7. The summed E-state index contributed by atoms with van der Waals surface area (Å²) in [5.41, 5.74) is -0.737. The zero-order chi connectivity index (χ0) is 16.9. The van der Waals surface area contributed by atoms with E-state index in [-0.39, 0.29) is 17.5 Å². The molecule has 23 heavy (non-hydrogen) atoms. The van der Waals surface area contributed by atoms with Gasteiger partial charge in [0.2, 0.25) is 0 Å². The Bertz CT molecular complexity index is 752. The van der Waals surface area contributed by atoms with Crippen LogP contribution in [0.15, 0.2) is 24.4 Å². The first-order valence-electron chi connectivity index (χ1n) is 6.87. The van der Waals surface area contributed by atoms with Gasteiger partial charge >= 0.3 is 6.18 Å². The van der Waals surface area contributed by atoms with Gasteiger partial charge in [0.25, 0.3) is 0 Å². The van der Waals surface area contributed by atoms with Crippen molar-refractivity contribution in [2.45, 2.75) is 31.8 Å². The third-order valence-electron chi connectivity index (χ3n) is 3.89. The number of halogens is 5. The van der Waals surface area contributed by atoms with E-state index in [1.165, 1.54) is 6.07 Å². The molecule has 0 radical (unpaired) electrons. The zero-order valence-corrected chi connectivity index (χ0v) is 12.0. The first kappa shape index (κ1) is 15.9. The average Bonchev–Trinajstić information content (AvgIpc) is 2.72. The summed E-state index contributed by atoms with van der Waals surface area (Å²) >= 11 is 0. The van der Waals surface area contributed by atoms with Gasteiger partial charge in [-0.1, -0.05) is 6.07 Å². The Morgan fingerprint density at radius 2 is 1.91 bits per heavy atom. The molecule has 7 heteroatoms. The summed E-state index contributed by atoms with van der Waals surface area (Å²) in [4.78, 5) is 3.37.